The number of carbonyl (C=O) groups excluding carboxylic acids is 2. The van der Waals surface area contributed by atoms with Crippen LogP contribution >= 0.6 is 0 Å². The molecular weight excluding hydrogens is 348 g/mol. The van der Waals surface area contributed by atoms with Gasteiger partial charge in [0.15, 0.2) is 0 Å². The molecule has 1 aromatic rings. The van der Waals surface area contributed by atoms with Crippen LogP contribution in [0, 0.1) is 17.8 Å². The van der Waals surface area contributed by atoms with E-state index in [1.807, 2.05) is 0 Å². The summed E-state index contributed by atoms with van der Waals surface area (Å²) in [4.78, 5) is 24.9. The maximum Gasteiger partial charge on any atom is 0.143 e. The lowest BCUT2D eigenvalue weighted by Crippen LogP contribution is -2.31. The summed E-state index contributed by atoms with van der Waals surface area (Å²) in [5.74, 6) is 2.58. The summed E-state index contributed by atoms with van der Waals surface area (Å²) in [5.41, 5.74) is 1.39. The minimum absolute atomic E-state index is 0.193. The van der Waals surface area contributed by atoms with Crippen molar-refractivity contribution in [3.63, 3.8) is 0 Å². The van der Waals surface area contributed by atoms with Crippen molar-refractivity contribution in [1.82, 2.24) is 0 Å². The van der Waals surface area contributed by atoms with Crippen molar-refractivity contribution in [3.8, 4) is 5.75 Å². The predicted molar refractivity (Wildman–Crippen MR) is 113 cm³/mol. The molecule has 0 heterocycles. The lowest BCUT2D eigenvalue weighted by Gasteiger charge is -2.30. The van der Waals surface area contributed by atoms with Gasteiger partial charge < -0.3 is 4.74 Å². The Kier molecular flexibility index (Phi) is 7.70. The van der Waals surface area contributed by atoms with E-state index in [1.165, 1.54) is 5.56 Å². The van der Waals surface area contributed by atoms with Crippen LogP contribution in [0.1, 0.15) is 89.5 Å². The van der Waals surface area contributed by atoms with Crippen LogP contribution in [0.15, 0.2) is 24.3 Å². The third kappa shape index (κ3) is 5.68. The Hall–Kier alpha value is -1.64. The molecule has 0 amide bonds. The summed E-state index contributed by atoms with van der Waals surface area (Å²) in [6, 6.07) is 8.60. The normalized spacial score (nSPS) is 28.1. The molecule has 0 spiro atoms. The van der Waals surface area contributed by atoms with Crippen LogP contribution in [0.4, 0.5) is 0 Å². The van der Waals surface area contributed by atoms with Gasteiger partial charge in [-0.2, -0.15) is 0 Å². The summed E-state index contributed by atoms with van der Waals surface area (Å²) in [5, 5.41) is 0. The van der Waals surface area contributed by atoms with Gasteiger partial charge in [-0.15, -0.1) is 0 Å². The van der Waals surface area contributed by atoms with Crippen molar-refractivity contribution in [2.24, 2.45) is 17.8 Å². The molecule has 0 saturated heterocycles. The fourth-order valence-electron chi connectivity index (χ4n) is 4.84. The zero-order valence-corrected chi connectivity index (χ0v) is 17.6. The molecule has 0 radical (unpaired) electrons. The Bertz CT molecular complexity index is 640. The number of Topliss-reactive ketones (excluding diaryl/α,β-unsaturated/α-hetero) is 2. The Morgan fingerprint density at radius 3 is 2.39 bits per heavy atom. The van der Waals surface area contributed by atoms with Gasteiger partial charge in [-0.3, -0.25) is 9.59 Å². The van der Waals surface area contributed by atoms with Crippen LogP contribution in [-0.4, -0.2) is 18.2 Å². The first-order valence-corrected chi connectivity index (χ1v) is 11.3. The van der Waals surface area contributed by atoms with Crippen LogP contribution in [0.2, 0.25) is 0 Å². The summed E-state index contributed by atoms with van der Waals surface area (Å²) in [6.45, 7) is 5.07. The highest BCUT2D eigenvalue weighted by molar-refractivity contribution is 6.02. The molecule has 3 heteroatoms. The minimum atomic E-state index is -0.297. The fourth-order valence-corrected chi connectivity index (χ4v) is 4.84. The van der Waals surface area contributed by atoms with Crippen molar-refractivity contribution < 1.29 is 14.3 Å². The van der Waals surface area contributed by atoms with Crippen molar-refractivity contribution in [2.45, 2.75) is 84.0 Å². The molecule has 3 nitrogen and oxygen atoms in total. The van der Waals surface area contributed by atoms with Crippen LogP contribution in [0.3, 0.4) is 0 Å². The first-order chi connectivity index (χ1) is 13.6. The largest absolute Gasteiger partial charge is 0.494 e. The van der Waals surface area contributed by atoms with E-state index in [9.17, 15) is 9.59 Å². The predicted octanol–water partition coefficient (Wildman–Crippen LogP) is 6.10. The number of hydrogen-bond acceptors (Lipinski definition) is 3. The summed E-state index contributed by atoms with van der Waals surface area (Å²) in [6.07, 6.45) is 9.74. The van der Waals surface area contributed by atoms with Gasteiger partial charge in [-0.05, 0) is 80.4 Å². The van der Waals surface area contributed by atoms with E-state index < -0.39 is 0 Å². The highest BCUT2D eigenvalue weighted by Crippen LogP contribution is 2.38. The number of rotatable bonds is 8. The maximum atomic E-state index is 12.6. The monoisotopic (exact) mass is 384 g/mol. The molecule has 2 aliphatic rings. The lowest BCUT2D eigenvalue weighted by molar-refractivity contribution is -0.135. The summed E-state index contributed by atoms with van der Waals surface area (Å²) >= 11 is 0. The highest BCUT2D eigenvalue weighted by atomic mass is 16.5. The molecule has 1 aromatic carbocycles. The first kappa shape index (κ1) is 21.1. The zero-order chi connectivity index (χ0) is 19.9. The molecule has 154 valence electrons. The number of ether oxygens (including phenoxy) is 1. The lowest BCUT2D eigenvalue weighted by atomic mass is 9.73. The van der Waals surface area contributed by atoms with Gasteiger partial charge in [-0.25, -0.2) is 0 Å². The average molecular weight is 385 g/mol. The molecule has 0 aromatic heterocycles. The molecule has 2 unspecified atom stereocenters. The van der Waals surface area contributed by atoms with E-state index in [0.717, 1.165) is 63.7 Å². The molecule has 2 aliphatic carbocycles. The van der Waals surface area contributed by atoms with Gasteiger partial charge in [0.05, 0.1) is 12.5 Å². The number of carbonyl (C=O) groups is 2. The molecular formula is C25H36O3. The van der Waals surface area contributed by atoms with Gasteiger partial charge in [0.2, 0.25) is 0 Å². The topological polar surface area (TPSA) is 43.4 Å². The van der Waals surface area contributed by atoms with E-state index in [-0.39, 0.29) is 17.5 Å². The van der Waals surface area contributed by atoms with Gasteiger partial charge >= 0.3 is 0 Å². The molecule has 2 saturated carbocycles. The van der Waals surface area contributed by atoms with E-state index in [2.05, 4.69) is 38.1 Å². The fraction of sp³-hybridized carbons (Fsp3) is 0.680. The molecule has 0 N–H and O–H groups in total. The third-order valence-electron chi connectivity index (χ3n) is 6.73. The number of ketones is 2. The van der Waals surface area contributed by atoms with E-state index in [1.54, 1.807) is 0 Å². The Labute approximate surface area is 170 Å². The summed E-state index contributed by atoms with van der Waals surface area (Å²) in [7, 11) is 0. The zero-order valence-electron chi connectivity index (χ0n) is 17.6. The molecule has 0 bridgehead atoms. The van der Waals surface area contributed by atoms with Crippen molar-refractivity contribution >= 4 is 11.6 Å². The van der Waals surface area contributed by atoms with Crippen molar-refractivity contribution in [1.29, 1.82) is 0 Å². The molecule has 28 heavy (non-hydrogen) atoms. The Morgan fingerprint density at radius 2 is 1.75 bits per heavy atom. The second-order valence-electron chi connectivity index (χ2n) is 9.06. The SMILES string of the molecule is CCCCOc1ccc(C2CCC(CC(=O)C3CCC(C)CC3=O)CC2)cc1. The third-order valence-corrected chi connectivity index (χ3v) is 6.73. The highest BCUT2D eigenvalue weighted by Gasteiger charge is 2.33. The number of hydrogen-bond donors (Lipinski definition) is 0. The molecule has 0 aliphatic heterocycles. The Morgan fingerprint density at radius 1 is 1.04 bits per heavy atom. The molecule has 2 fully saturated rings. The number of benzene rings is 1. The summed E-state index contributed by atoms with van der Waals surface area (Å²) < 4.78 is 5.76. The average Bonchev–Trinajstić information content (AvgIpc) is 2.69. The molecule has 2 atom stereocenters. The van der Waals surface area contributed by atoms with Crippen molar-refractivity contribution in [3.05, 3.63) is 29.8 Å². The second-order valence-corrected chi connectivity index (χ2v) is 9.06. The van der Waals surface area contributed by atoms with Gasteiger partial charge in [0, 0.05) is 12.8 Å². The van der Waals surface area contributed by atoms with Gasteiger partial charge in [0.25, 0.3) is 0 Å². The maximum absolute atomic E-state index is 12.6. The first-order valence-electron chi connectivity index (χ1n) is 11.3. The van der Waals surface area contributed by atoms with Gasteiger partial charge in [0.1, 0.15) is 17.3 Å². The molecule has 3 rings (SSSR count). The van der Waals surface area contributed by atoms with Crippen LogP contribution in [0.25, 0.3) is 0 Å². The second kappa shape index (κ2) is 10.2. The van der Waals surface area contributed by atoms with Gasteiger partial charge in [-0.1, -0.05) is 32.4 Å². The van der Waals surface area contributed by atoms with Crippen LogP contribution < -0.4 is 4.74 Å². The minimum Gasteiger partial charge on any atom is -0.494 e. The number of unbranched alkanes of at least 4 members (excludes halogenated alkanes) is 1. The Balaban J connectivity index is 1.44. The quantitative estimate of drug-likeness (QED) is 0.401. The van der Waals surface area contributed by atoms with Crippen LogP contribution in [-0.2, 0) is 9.59 Å². The van der Waals surface area contributed by atoms with Crippen molar-refractivity contribution in [2.75, 3.05) is 6.61 Å². The standard InChI is InChI=1S/C25H36O3/c1-3-4-15-28-22-12-10-21(11-13-22)20-8-6-19(7-9-20)17-25(27)23-14-5-18(2)16-24(23)26/h10-13,18-20,23H,3-9,14-17H2,1-2H3. The smallest absolute Gasteiger partial charge is 0.143 e. The van der Waals surface area contributed by atoms with E-state index in [0.29, 0.717) is 30.6 Å². The van der Waals surface area contributed by atoms with E-state index >= 15 is 0 Å². The van der Waals surface area contributed by atoms with Crippen LogP contribution in [0.5, 0.6) is 5.75 Å². The van der Waals surface area contributed by atoms with E-state index in [4.69, 9.17) is 4.74 Å².